The first-order valence-electron chi connectivity index (χ1n) is 6.52. The SMILES string of the molecule is CC1CC(OCCNCCS(C)(=O)=O)CC(C)O1. The molecule has 1 N–H and O–H groups in total. The highest BCUT2D eigenvalue weighted by molar-refractivity contribution is 7.90. The summed E-state index contributed by atoms with van der Waals surface area (Å²) < 4.78 is 33.2. The molecule has 0 aromatic rings. The van der Waals surface area contributed by atoms with Crippen LogP contribution in [0.1, 0.15) is 26.7 Å². The molecule has 1 heterocycles. The third-order valence-electron chi connectivity index (χ3n) is 2.94. The molecule has 1 fully saturated rings. The van der Waals surface area contributed by atoms with Crippen molar-refractivity contribution in [2.45, 2.75) is 45.0 Å². The van der Waals surface area contributed by atoms with Crippen molar-refractivity contribution in [2.75, 3.05) is 31.7 Å². The lowest BCUT2D eigenvalue weighted by atomic mass is 10.0. The van der Waals surface area contributed by atoms with Gasteiger partial charge in [0.05, 0.1) is 30.7 Å². The van der Waals surface area contributed by atoms with Crippen molar-refractivity contribution in [1.29, 1.82) is 0 Å². The predicted molar refractivity (Wildman–Crippen MR) is 71.6 cm³/mol. The van der Waals surface area contributed by atoms with E-state index in [1.54, 1.807) is 0 Å². The Kier molecular flexibility index (Phi) is 6.55. The van der Waals surface area contributed by atoms with Gasteiger partial charge >= 0.3 is 0 Å². The van der Waals surface area contributed by atoms with Gasteiger partial charge in [-0.05, 0) is 26.7 Å². The van der Waals surface area contributed by atoms with Gasteiger partial charge in [0.2, 0.25) is 0 Å². The third-order valence-corrected chi connectivity index (χ3v) is 3.88. The summed E-state index contributed by atoms with van der Waals surface area (Å²) in [6.07, 6.45) is 3.91. The highest BCUT2D eigenvalue weighted by atomic mass is 32.2. The van der Waals surface area contributed by atoms with E-state index in [0.717, 1.165) is 12.8 Å². The fourth-order valence-corrected chi connectivity index (χ4v) is 2.68. The third kappa shape index (κ3) is 7.31. The van der Waals surface area contributed by atoms with Crippen molar-refractivity contribution in [1.82, 2.24) is 5.32 Å². The largest absolute Gasteiger partial charge is 0.377 e. The number of hydrogen-bond donors (Lipinski definition) is 1. The van der Waals surface area contributed by atoms with Gasteiger partial charge in [-0.1, -0.05) is 0 Å². The first-order valence-corrected chi connectivity index (χ1v) is 8.58. The zero-order valence-corrected chi connectivity index (χ0v) is 12.3. The second-order valence-electron chi connectivity index (χ2n) is 5.10. The lowest BCUT2D eigenvalue weighted by Gasteiger charge is -2.32. The molecule has 2 atom stereocenters. The lowest BCUT2D eigenvalue weighted by molar-refractivity contribution is -0.101. The Hall–Kier alpha value is -0.170. The van der Waals surface area contributed by atoms with Crippen LogP contribution in [0.4, 0.5) is 0 Å². The van der Waals surface area contributed by atoms with E-state index >= 15 is 0 Å². The van der Waals surface area contributed by atoms with Crippen molar-refractivity contribution in [2.24, 2.45) is 0 Å². The lowest BCUT2D eigenvalue weighted by Crippen LogP contribution is -2.35. The van der Waals surface area contributed by atoms with Gasteiger partial charge in [-0.2, -0.15) is 0 Å². The topological polar surface area (TPSA) is 64.6 Å². The van der Waals surface area contributed by atoms with Crippen LogP contribution in [0, 0.1) is 0 Å². The van der Waals surface area contributed by atoms with Crippen LogP contribution in [0.25, 0.3) is 0 Å². The smallest absolute Gasteiger partial charge is 0.148 e. The summed E-state index contributed by atoms with van der Waals surface area (Å²) in [5.74, 6) is 0.179. The Balaban J connectivity index is 2.04. The van der Waals surface area contributed by atoms with Crippen molar-refractivity contribution >= 4 is 9.84 Å². The molecule has 0 radical (unpaired) electrons. The molecule has 0 amide bonds. The molecule has 1 aliphatic heterocycles. The van der Waals surface area contributed by atoms with E-state index in [2.05, 4.69) is 19.2 Å². The number of ether oxygens (including phenoxy) is 2. The maximum Gasteiger partial charge on any atom is 0.148 e. The molecule has 1 saturated heterocycles. The minimum atomic E-state index is -2.87. The summed E-state index contributed by atoms with van der Waals surface area (Å²) in [5, 5.41) is 3.07. The summed E-state index contributed by atoms with van der Waals surface area (Å²) in [6.45, 7) is 5.93. The number of nitrogens with one attached hydrogen (secondary N) is 1. The van der Waals surface area contributed by atoms with Crippen LogP contribution >= 0.6 is 0 Å². The van der Waals surface area contributed by atoms with Gasteiger partial charge in [0.15, 0.2) is 0 Å². The average molecular weight is 279 g/mol. The highest BCUT2D eigenvalue weighted by Crippen LogP contribution is 2.21. The Labute approximate surface area is 110 Å². The van der Waals surface area contributed by atoms with E-state index in [4.69, 9.17) is 9.47 Å². The molecule has 0 aliphatic carbocycles. The Morgan fingerprint density at radius 3 is 2.39 bits per heavy atom. The van der Waals surface area contributed by atoms with Gasteiger partial charge in [-0.15, -0.1) is 0 Å². The molecule has 0 bridgehead atoms. The maximum atomic E-state index is 10.9. The predicted octanol–water partition coefficient (Wildman–Crippen LogP) is 0.593. The van der Waals surface area contributed by atoms with E-state index in [1.165, 1.54) is 6.26 Å². The summed E-state index contributed by atoms with van der Waals surface area (Å²) in [5.41, 5.74) is 0. The molecule has 1 rings (SSSR count). The summed E-state index contributed by atoms with van der Waals surface area (Å²) in [6, 6.07) is 0. The summed E-state index contributed by atoms with van der Waals surface area (Å²) >= 11 is 0. The van der Waals surface area contributed by atoms with Crippen LogP contribution in [0.3, 0.4) is 0 Å². The van der Waals surface area contributed by atoms with E-state index in [-0.39, 0.29) is 24.1 Å². The maximum absolute atomic E-state index is 10.9. The number of hydrogen-bond acceptors (Lipinski definition) is 5. The van der Waals surface area contributed by atoms with Crippen LogP contribution in [0.2, 0.25) is 0 Å². The molecule has 0 saturated carbocycles. The highest BCUT2D eigenvalue weighted by Gasteiger charge is 2.24. The normalized spacial score (nSPS) is 29.4. The molecule has 18 heavy (non-hydrogen) atoms. The molecule has 1 aliphatic rings. The van der Waals surface area contributed by atoms with Gasteiger partial charge in [-0.3, -0.25) is 0 Å². The zero-order chi connectivity index (χ0) is 13.6. The van der Waals surface area contributed by atoms with Crippen LogP contribution in [-0.2, 0) is 19.3 Å². The molecular formula is C12H25NO4S. The number of rotatable bonds is 7. The van der Waals surface area contributed by atoms with Crippen LogP contribution in [-0.4, -0.2) is 58.4 Å². The van der Waals surface area contributed by atoms with Crippen molar-refractivity contribution in [3.05, 3.63) is 0 Å². The van der Waals surface area contributed by atoms with Gasteiger partial charge in [0.1, 0.15) is 9.84 Å². The molecule has 5 nitrogen and oxygen atoms in total. The van der Waals surface area contributed by atoms with E-state index in [9.17, 15) is 8.42 Å². The van der Waals surface area contributed by atoms with Crippen molar-refractivity contribution in [3.63, 3.8) is 0 Å². The Morgan fingerprint density at radius 2 is 1.83 bits per heavy atom. The minimum Gasteiger partial charge on any atom is -0.377 e. The average Bonchev–Trinajstić information content (AvgIpc) is 2.20. The van der Waals surface area contributed by atoms with Gasteiger partial charge < -0.3 is 14.8 Å². The minimum absolute atomic E-state index is 0.179. The molecule has 6 heteroatoms. The van der Waals surface area contributed by atoms with Gasteiger partial charge in [-0.25, -0.2) is 8.42 Å². The first-order chi connectivity index (χ1) is 8.37. The molecule has 0 spiro atoms. The molecule has 2 unspecified atom stereocenters. The second-order valence-corrected chi connectivity index (χ2v) is 7.36. The van der Waals surface area contributed by atoms with Crippen LogP contribution in [0.15, 0.2) is 0 Å². The van der Waals surface area contributed by atoms with E-state index in [1.807, 2.05) is 0 Å². The molecular weight excluding hydrogens is 254 g/mol. The fraction of sp³-hybridized carbons (Fsp3) is 1.00. The molecule has 0 aromatic heterocycles. The van der Waals surface area contributed by atoms with Crippen LogP contribution in [0.5, 0.6) is 0 Å². The quantitative estimate of drug-likeness (QED) is 0.691. The number of sulfone groups is 1. The monoisotopic (exact) mass is 279 g/mol. The standard InChI is InChI=1S/C12H25NO4S/c1-10-8-12(9-11(2)17-10)16-6-4-13-5-7-18(3,14)15/h10-13H,4-9H2,1-3H3. The van der Waals surface area contributed by atoms with Crippen molar-refractivity contribution in [3.8, 4) is 0 Å². The van der Waals surface area contributed by atoms with Crippen LogP contribution < -0.4 is 5.32 Å². The fourth-order valence-electron chi connectivity index (χ4n) is 2.16. The first kappa shape index (κ1) is 15.9. The Bertz CT molecular complexity index is 321. The van der Waals surface area contributed by atoms with Crippen molar-refractivity contribution < 1.29 is 17.9 Å². The van der Waals surface area contributed by atoms with Gasteiger partial charge in [0.25, 0.3) is 0 Å². The Morgan fingerprint density at radius 1 is 1.22 bits per heavy atom. The van der Waals surface area contributed by atoms with Gasteiger partial charge in [0, 0.05) is 19.3 Å². The van der Waals surface area contributed by atoms with E-state index < -0.39 is 9.84 Å². The summed E-state index contributed by atoms with van der Waals surface area (Å²) in [7, 11) is -2.87. The summed E-state index contributed by atoms with van der Waals surface area (Å²) in [4.78, 5) is 0. The molecule has 0 aromatic carbocycles. The second kappa shape index (κ2) is 7.43. The van der Waals surface area contributed by atoms with E-state index in [0.29, 0.717) is 19.7 Å². The molecule has 108 valence electrons. The zero-order valence-electron chi connectivity index (χ0n) is 11.5.